The van der Waals surface area contributed by atoms with Crippen LogP contribution in [-0.4, -0.2) is 6.54 Å². The maximum atomic E-state index is 14.0. The minimum Gasteiger partial charge on any atom is -0.464 e. The summed E-state index contributed by atoms with van der Waals surface area (Å²) in [6.07, 6.45) is 0. The molecule has 0 aliphatic carbocycles. The van der Waals surface area contributed by atoms with Crippen molar-refractivity contribution in [1.29, 1.82) is 0 Å². The molecule has 1 aromatic carbocycles. The van der Waals surface area contributed by atoms with Crippen molar-refractivity contribution >= 4 is 11.6 Å². The van der Waals surface area contributed by atoms with Crippen LogP contribution in [0.2, 0.25) is 5.02 Å². The number of benzene rings is 1. The summed E-state index contributed by atoms with van der Waals surface area (Å²) in [7, 11) is 0. The maximum absolute atomic E-state index is 14.0. The predicted molar refractivity (Wildman–Crippen MR) is 70.3 cm³/mol. The first-order valence-corrected chi connectivity index (χ1v) is 6.35. The Morgan fingerprint density at radius 2 is 2.00 bits per heavy atom. The topological polar surface area (TPSA) is 25.2 Å². The summed E-state index contributed by atoms with van der Waals surface area (Å²) >= 11 is 5.56. The van der Waals surface area contributed by atoms with Crippen LogP contribution in [0.25, 0.3) is 0 Å². The Kier molecular flexibility index (Phi) is 4.22. The molecule has 1 atom stereocenters. The number of nitrogens with one attached hydrogen (secondary N) is 1. The van der Waals surface area contributed by atoms with E-state index in [2.05, 4.69) is 5.32 Å². The van der Waals surface area contributed by atoms with Gasteiger partial charge >= 0.3 is 0 Å². The SMILES string of the molecule is CCNC(c1ccc(C)o1)c1cc(F)c(Cl)cc1F. The van der Waals surface area contributed by atoms with E-state index >= 15 is 0 Å². The van der Waals surface area contributed by atoms with E-state index in [1.54, 1.807) is 19.1 Å². The van der Waals surface area contributed by atoms with Crippen molar-refractivity contribution in [3.05, 3.63) is 58.0 Å². The molecule has 19 heavy (non-hydrogen) atoms. The number of halogens is 3. The quantitative estimate of drug-likeness (QED) is 0.851. The Morgan fingerprint density at radius 1 is 1.26 bits per heavy atom. The van der Waals surface area contributed by atoms with Gasteiger partial charge in [-0.2, -0.15) is 0 Å². The van der Waals surface area contributed by atoms with Crippen LogP contribution in [-0.2, 0) is 0 Å². The second-order valence-corrected chi connectivity index (χ2v) is 4.63. The van der Waals surface area contributed by atoms with E-state index in [9.17, 15) is 8.78 Å². The molecule has 0 spiro atoms. The first kappa shape index (κ1) is 14.0. The summed E-state index contributed by atoms with van der Waals surface area (Å²) in [5, 5.41) is 2.84. The molecule has 1 unspecified atom stereocenters. The Hall–Kier alpha value is -1.39. The fraction of sp³-hybridized carbons (Fsp3) is 0.286. The minimum atomic E-state index is -0.649. The molecule has 1 aromatic heterocycles. The lowest BCUT2D eigenvalue weighted by Crippen LogP contribution is -2.22. The van der Waals surface area contributed by atoms with Gasteiger partial charge in [-0.1, -0.05) is 18.5 Å². The molecule has 0 saturated carbocycles. The highest BCUT2D eigenvalue weighted by Gasteiger charge is 2.22. The van der Waals surface area contributed by atoms with E-state index in [1.165, 1.54) is 0 Å². The molecule has 0 aliphatic rings. The van der Waals surface area contributed by atoms with E-state index in [-0.39, 0.29) is 10.6 Å². The van der Waals surface area contributed by atoms with Gasteiger partial charge in [-0.05, 0) is 37.7 Å². The number of aryl methyl sites for hydroxylation is 1. The molecule has 2 aromatic rings. The average Bonchev–Trinajstić information content (AvgIpc) is 2.78. The Balaban J connectivity index is 2.47. The van der Waals surface area contributed by atoms with Gasteiger partial charge in [0.05, 0.1) is 11.1 Å². The zero-order valence-electron chi connectivity index (χ0n) is 10.6. The van der Waals surface area contributed by atoms with Crippen LogP contribution in [0.5, 0.6) is 0 Å². The smallest absolute Gasteiger partial charge is 0.142 e. The van der Waals surface area contributed by atoms with Gasteiger partial charge in [-0.25, -0.2) is 8.78 Å². The summed E-state index contributed by atoms with van der Waals surface area (Å²) in [5.74, 6) is 0.0448. The van der Waals surface area contributed by atoms with Crippen LogP contribution in [0.4, 0.5) is 8.78 Å². The molecule has 0 aliphatic heterocycles. The third kappa shape index (κ3) is 2.96. The summed E-state index contributed by atoms with van der Waals surface area (Å²) in [5.41, 5.74) is 0.179. The first-order chi connectivity index (χ1) is 9.02. The van der Waals surface area contributed by atoms with Crippen LogP contribution >= 0.6 is 11.6 Å². The zero-order chi connectivity index (χ0) is 14.0. The molecule has 0 fully saturated rings. The zero-order valence-corrected chi connectivity index (χ0v) is 11.4. The Labute approximate surface area is 115 Å². The monoisotopic (exact) mass is 285 g/mol. The Bertz CT molecular complexity index is 583. The van der Waals surface area contributed by atoms with E-state index in [1.807, 2.05) is 6.92 Å². The number of hydrogen-bond donors (Lipinski definition) is 1. The number of furan rings is 1. The third-order valence-electron chi connectivity index (χ3n) is 2.80. The van der Waals surface area contributed by atoms with Gasteiger partial charge in [-0.15, -0.1) is 0 Å². The normalized spacial score (nSPS) is 12.7. The van der Waals surface area contributed by atoms with Crippen LogP contribution < -0.4 is 5.32 Å². The highest BCUT2D eigenvalue weighted by atomic mass is 35.5. The van der Waals surface area contributed by atoms with E-state index in [4.69, 9.17) is 16.0 Å². The van der Waals surface area contributed by atoms with E-state index in [0.29, 0.717) is 18.1 Å². The van der Waals surface area contributed by atoms with Gasteiger partial charge in [0.15, 0.2) is 0 Å². The summed E-state index contributed by atoms with van der Waals surface area (Å²) in [6.45, 7) is 4.27. The fourth-order valence-electron chi connectivity index (χ4n) is 1.94. The van der Waals surface area contributed by atoms with Gasteiger partial charge in [0.25, 0.3) is 0 Å². The molecule has 0 saturated heterocycles. The third-order valence-corrected chi connectivity index (χ3v) is 3.09. The summed E-state index contributed by atoms with van der Waals surface area (Å²) in [6, 6.07) is 5.07. The predicted octanol–water partition coefficient (Wildman–Crippen LogP) is 4.22. The fourth-order valence-corrected chi connectivity index (χ4v) is 2.09. The Morgan fingerprint density at radius 3 is 2.58 bits per heavy atom. The second kappa shape index (κ2) is 5.72. The van der Waals surface area contributed by atoms with Gasteiger partial charge in [0.1, 0.15) is 23.2 Å². The van der Waals surface area contributed by atoms with Crippen LogP contribution in [0, 0.1) is 18.6 Å². The lowest BCUT2D eigenvalue weighted by atomic mass is 10.0. The van der Waals surface area contributed by atoms with Crippen molar-refractivity contribution in [2.75, 3.05) is 6.54 Å². The standard InChI is InChI=1S/C14H14ClF2NO/c1-3-18-14(13-5-4-8(2)19-13)9-6-12(17)10(15)7-11(9)16/h4-7,14,18H,3H2,1-2H3. The molecule has 102 valence electrons. The van der Waals surface area contributed by atoms with Crippen molar-refractivity contribution < 1.29 is 13.2 Å². The van der Waals surface area contributed by atoms with Gasteiger partial charge in [0.2, 0.25) is 0 Å². The van der Waals surface area contributed by atoms with Gasteiger partial charge < -0.3 is 9.73 Å². The van der Waals surface area contributed by atoms with E-state index in [0.717, 1.165) is 12.1 Å². The molecule has 5 heteroatoms. The van der Waals surface area contributed by atoms with Crippen molar-refractivity contribution in [2.45, 2.75) is 19.9 Å². The highest BCUT2D eigenvalue weighted by molar-refractivity contribution is 6.30. The minimum absolute atomic E-state index is 0.179. The average molecular weight is 286 g/mol. The van der Waals surface area contributed by atoms with Crippen LogP contribution in [0.3, 0.4) is 0 Å². The number of hydrogen-bond acceptors (Lipinski definition) is 2. The number of rotatable bonds is 4. The lowest BCUT2D eigenvalue weighted by molar-refractivity contribution is 0.425. The van der Waals surface area contributed by atoms with Gasteiger partial charge in [0, 0.05) is 5.56 Å². The largest absolute Gasteiger partial charge is 0.464 e. The second-order valence-electron chi connectivity index (χ2n) is 4.23. The first-order valence-electron chi connectivity index (χ1n) is 5.97. The van der Waals surface area contributed by atoms with Crippen molar-refractivity contribution in [3.63, 3.8) is 0 Å². The van der Waals surface area contributed by atoms with Crippen molar-refractivity contribution in [3.8, 4) is 0 Å². The molecule has 1 heterocycles. The van der Waals surface area contributed by atoms with Crippen molar-refractivity contribution in [2.24, 2.45) is 0 Å². The lowest BCUT2D eigenvalue weighted by Gasteiger charge is -2.17. The maximum Gasteiger partial charge on any atom is 0.142 e. The van der Waals surface area contributed by atoms with Crippen LogP contribution in [0.15, 0.2) is 28.7 Å². The molecule has 2 nitrogen and oxygen atoms in total. The molecular formula is C14H14ClF2NO. The van der Waals surface area contributed by atoms with Crippen LogP contribution in [0.1, 0.15) is 30.0 Å². The molecule has 1 N–H and O–H groups in total. The molecule has 0 bridgehead atoms. The molecule has 2 rings (SSSR count). The molecular weight excluding hydrogens is 272 g/mol. The summed E-state index contributed by atoms with van der Waals surface area (Å²) in [4.78, 5) is 0. The van der Waals surface area contributed by atoms with Crippen molar-refractivity contribution in [1.82, 2.24) is 5.32 Å². The molecule has 0 radical (unpaired) electrons. The molecule has 0 amide bonds. The van der Waals surface area contributed by atoms with E-state index < -0.39 is 17.7 Å². The van der Waals surface area contributed by atoms with Gasteiger partial charge in [-0.3, -0.25) is 0 Å². The summed E-state index contributed by atoms with van der Waals surface area (Å²) < 4.78 is 33.0. The highest BCUT2D eigenvalue weighted by Crippen LogP contribution is 2.29.